The van der Waals surface area contributed by atoms with Crippen LogP contribution in [0.1, 0.15) is 20.3 Å². The lowest BCUT2D eigenvalue weighted by Crippen LogP contribution is -2.46. The molecule has 0 spiro atoms. The number of carbonyl (C=O) groups is 1. The van der Waals surface area contributed by atoms with Gasteiger partial charge in [-0.2, -0.15) is 0 Å². The van der Waals surface area contributed by atoms with Crippen LogP contribution in [-0.4, -0.2) is 46.0 Å². The number of nitrogens with one attached hydrogen (secondary N) is 1. The highest BCUT2D eigenvalue weighted by molar-refractivity contribution is 7.88. The quantitative estimate of drug-likeness (QED) is 0.741. The van der Waals surface area contributed by atoms with Crippen LogP contribution < -0.4 is 14.2 Å². The highest BCUT2D eigenvalue weighted by Crippen LogP contribution is 2.30. The summed E-state index contributed by atoms with van der Waals surface area (Å²) in [6.07, 6.45) is 1.23. The highest BCUT2D eigenvalue weighted by Gasteiger charge is 2.30. The molecule has 0 aromatic heterocycles. The van der Waals surface area contributed by atoms with Gasteiger partial charge in [0.25, 0.3) is 0 Å². The standard InChI is InChI=1S/C16H23NO6S/c1-4-11(2)15(17-24(3,19)20)16(18)22-10-12-9-21-13-7-5-6-8-14(13)23-12/h5-8,11-12,15,17H,4,9-10H2,1-3H3/t11-,12+,15+/m0/s1. The molecule has 7 nitrogen and oxygen atoms in total. The lowest BCUT2D eigenvalue weighted by Gasteiger charge is -2.27. The van der Waals surface area contributed by atoms with Crippen LogP contribution in [0.2, 0.25) is 0 Å². The maximum absolute atomic E-state index is 12.3. The van der Waals surface area contributed by atoms with E-state index in [1.807, 2.05) is 19.1 Å². The smallest absolute Gasteiger partial charge is 0.324 e. The van der Waals surface area contributed by atoms with E-state index in [1.165, 1.54) is 0 Å². The molecule has 134 valence electrons. The number of para-hydroxylation sites is 2. The van der Waals surface area contributed by atoms with Crippen LogP contribution >= 0.6 is 0 Å². The van der Waals surface area contributed by atoms with Crippen molar-refractivity contribution in [1.29, 1.82) is 0 Å². The van der Waals surface area contributed by atoms with Crippen molar-refractivity contribution in [3.05, 3.63) is 24.3 Å². The van der Waals surface area contributed by atoms with Gasteiger partial charge < -0.3 is 14.2 Å². The Kier molecular flexibility index (Phi) is 6.06. The van der Waals surface area contributed by atoms with Gasteiger partial charge in [-0.3, -0.25) is 4.79 Å². The zero-order valence-corrected chi connectivity index (χ0v) is 14.8. The van der Waals surface area contributed by atoms with Gasteiger partial charge in [-0.15, -0.1) is 0 Å². The molecule has 1 aromatic rings. The van der Waals surface area contributed by atoms with Gasteiger partial charge in [0.2, 0.25) is 10.0 Å². The van der Waals surface area contributed by atoms with E-state index in [9.17, 15) is 13.2 Å². The minimum absolute atomic E-state index is 0.00839. The molecular weight excluding hydrogens is 334 g/mol. The van der Waals surface area contributed by atoms with E-state index < -0.39 is 28.1 Å². The first-order chi connectivity index (χ1) is 11.3. The summed E-state index contributed by atoms with van der Waals surface area (Å²) in [7, 11) is -3.51. The summed E-state index contributed by atoms with van der Waals surface area (Å²) < 4.78 is 41.7. The SMILES string of the molecule is CC[C@H](C)[C@@H](NS(C)(=O)=O)C(=O)OC[C@H]1COc2ccccc2O1. The van der Waals surface area contributed by atoms with E-state index in [4.69, 9.17) is 14.2 Å². The number of hydrogen-bond donors (Lipinski definition) is 1. The average Bonchev–Trinajstić information content (AvgIpc) is 2.56. The number of esters is 1. The van der Waals surface area contributed by atoms with Crippen molar-refractivity contribution in [3.8, 4) is 11.5 Å². The van der Waals surface area contributed by atoms with Crippen molar-refractivity contribution in [1.82, 2.24) is 4.72 Å². The summed E-state index contributed by atoms with van der Waals surface area (Å²) in [4.78, 5) is 12.3. The molecule has 0 unspecified atom stereocenters. The van der Waals surface area contributed by atoms with Crippen LogP contribution in [0, 0.1) is 5.92 Å². The summed E-state index contributed by atoms with van der Waals surface area (Å²) in [5.41, 5.74) is 0. The van der Waals surface area contributed by atoms with Gasteiger partial charge in [0.15, 0.2) is 17.6 Å². The van der Waals surface area contributed by atoms with Crippen LogP contribution in [0.25, 0.3) is 0 Å². The molecule has 0 bridgehead atoms. The second-order valence-corrected chi connectivity index (χ2v) is 7.66. The second-order valence-electron chi connectivity index (χ2n) is 5.88. The maximum atomic E-state index is 12.3. The third-order valence-corrected chi connectivity index (χ3v) is 4.47. The number of sulfonamides is 1. The summed E-state index contributed by atoms with van der Waals surface area (Å²) in [6, 6.07) is 6.33. The molecule has 1 heterocycles. The van der Waals surface area contributed by atoms with Crippen molar-refractivity contribution >= 4 is 16.0 Å². The fraction of sp³-hybridized carbons (Fsp3) is 0.562. The van der Waals surface area contributed by atoms with Crippen molar-refractivity contribution < 1.29 is 27.4 Å². The molecule has 0 saturated heterocycles. The van der Waals surface area contributed by atoms with E-state index in [1.54, 1.807) is 19.1 Å². The Bertz CT molecular complexity index is 675. The number of fused-ring (bicyclic) bond motifs is 1. The molecular formula is C16H23NO6S. The summed E-state index contributed by atoms with van der Waals surface area (Å²) in [5, 5.41) is 0. The Balaban J connectivity index is 1.93. The van der Waals surface area contributed by atoms with Crippen molar-refractivity contribution in [2.24, 2.45) is 5.92 Å². The third-order valence-electron chi connectivity index (χ3n) is 3.79. The van der Waals surface area contributed by atoms with Gasteiger partial charge in [-0.25, -0.2) is 13.1 Å². The van der Waals surface area contributed by atoms with Gasteiger partial charge in [0.1, 0.15) is 19.3 Å². The van der Waals surface area contributed by atoms with Crippen LogP contribution in [0.3, 0.4) is 0 Å². The number of rotatable bonds is 7. The zero-order valence-electron chi connectivity index (χ0n) is 14.0. The predicted molar refractivity (Wildman–Crippen MR) is 88.5 cm³/mol. The molecule has 0 fully saturated rings. The Morgan fingerprint density at radius 1 is 1.38 bits per heavy atom. The number of carbonyl (C=O) groups excluding carboxylic acids is 1. The molecule has 3 atom stereocenters. The number of hydrogen-bond acceptors (Lipinski definition) is 6. The number of ether oxygens (including phenoxy) is 3. The van der Waals surface area contributed by atoms with Crippen LogP contribution in [0.4, 0.5) is 0 Å². The Hall–Kier alpha value is -1.80. The Labute approximate surface area is 142 Å². The van der Waals surface area contributed by atoms with E-state index in [0.29, 0.717) is 17.9 Å². The van der Waals surface area contributed by atoms with Crippen molar-refractivity contribution in [2.75, 3.05) is 19.5 Å². The largest absolute Gasteiger partial charge is 0.486 e. The molecule has 0 amide bonds. The molecule has 0 saturated carbocycles. The van der Waals surface area contributed by atoms with Gasteiger partial charge in [0.05, 0.1) is 6.26 Å². The van der Waals surface area contributed by atoms with Crippen LogP contribution in [-0.2, 0) is 19.6 Å². The van der Waals surface area contributed by atoms with E-state index in [0.717, 1.165) is 6.26 Å². The molecule has 1 aliphatic rings. The third kappa shape index (κ3) is 5.10. The Morgan fingerprint density at radius 2 is 2.04 bits per heavy atom. The monoisotopic (exact) mass is 357 g/mol. The van der Waals surface area contributed by atoms with E-state index in [2.05, 4.69) is 4.72 Å². The first kappa shape index (κ1) is 18.5. The van der Waals surface area contributed by atoms with E-state index in [-0.39, 0.29) is 19.1 Å². The predicted octanol–water partition coefficient (Wildman–Crippen LogP) is 1.33. The summed E-state index contributed by atoms with van der Waals surface area (Å²) in [5.74, 6) is 0.447. The minimum Gasteiger partial charge on any atom is -0.486 e. The summed E-state index contributed by atoms with van der Waals surface area (Å²) >= 11 is 0. The van der Waals surface area contributed by atoms with Gasteiger partial charge in [0, 0.05) is 0 Å². The fourth-order valence-corrected chi connectivity index (χ4v) is 3.06. The molecule has 8 heteroatoms. The lowest BCUT2D eigenvalue weighted by molar-refractivity contribution is -0.150. The normalized spacial score (nSPS) is 19.4. The van der Waals surface area contributed by atoms with Crippen molar-refractivity contribution in [3.63, 3.8) is 0 Å². The number of benzene rings is 1. The van der Waals surface area contributed by atoms with Crippen LogP contribution in [0.15, 0.2) is 24.3 Å². The second kappa shape index (κ2) is 7.85. The van der Waals surface area contributed by atoms with E-state index >= 15 is 0 Å². The lowest BCUT2D eigenvalue weighted by atomic mass is 10.0. The molecule has 1 N–H and O–H groups in total. The van der Waals surface area contributed by atoms with Gasteiger partial charge in [-0.05, 0) is 18.1 Å². The molecule has 24 heavy (non-hydrogen) atoms. The first-order valence-electron chi connectivity index (χ1n) is 7.82. The maximum Gasteiger partial charge on any atom is 0.324 e. The highest BCUT2D eigenvalue weighted by atomic mass is 32.2. The molecule has 2 rings (SSSR count). The Morgan fingerprint density at radius 3 is 2.67 bits per heavy atom. The van der Waals surface area contributed by atoms with Crippen LogP contribution in [0.5, 0.6) is 11.5 Å². The minimum atomic E-state index is -3.51. The molecule has 0 aliphatic carbocycles. The zero-order chi connectivity index (χ0) is 17.7. The van der Waals surface area contributed by atoms with Crippen molar-refractivity contribution in [2.45, 2.75) is 32.4 Å². The molecule has 0 radical (unpaired) electrons. The van der Waals surface area contributed by atoms with Gasteiger partial charge in [-0.1, -0.05) is 32.4 Å². The first-order valence-corrected chi connectivity index (χ1v) is 9.71. The van der Waals surface area contributed by atoms with Gasteiger partial charge >= 0.3 is 5.97 Å². The molecule has 1 aromatic carbocycles. The average molecular weight is 357 g/mol. The molecule has 1 aliphatic heterocycles. The topological polar surface area (TPSA) is 90.9 Å². The fourth-order valence-electron chi connectivity index (χ4n) is 2.27. The summed E-state index contributed by atoms with van der Waals surface area (Å²) in [6.45, 7) is 3.92.